The summed E-state index contributed by atoms with van der Waals surface area (Å²) >= 11 is 6.66. The van der Waals surface area contributed by atoms with E-state index >= 15 is 0 Å². The van der Waals surface area contributed by atoms with E-state index in [4.69, 9.17) is 26.1 Å². The maximum absolute atomic E-state index is 12.7. The SMILES string of the molecule is CCOC(=O)c1c(NC(=O)Cn2nc(Cc3ccc(OC)cc3)oc2=S)sc2c1CCC2. The summed E-state index contributed by atoms with van der Waals surface area (Å²) in [7, 11) is 1.61. The number of amides is 1. The van der Waals surface area contributed by atoms with Crippen molar-refractivity contribution in [1.82, 2.24) is 9.78 Å². The minimum atomic E-state index is -0.401. The highest BCUT2D eigenvalue weighted by molar-refractivity contribution is 7.71. The van der Waals surface area contributed by atoms with Crippen LogP contribution in [0.3, 0.4) is 0 Å². The van der Waals surface area contributed by atoms with Crippen LogP contribution in [-0.2, 0) is 35.3 Å². The van der Waals surface area contributed by atoms with Crippen molar-refractivity contribution in [3.8, 4) is 5.75 Å². The largest absolute Gasteiger partial charge is 0.497 e. The normalized spacial score (nSPS) is 12.4. The van der Waals surface area contributed by atoms with E-state index in [0.717, 1.165) is 41.0 Å². The van der Waals surface area contributed by atoms with E-state index in [0.29, 0.717) is 22.9 Å². The fourth-order valence-electron chi connectivity index (χ4n) is 3.65. The summed E-state index contributed by atoms with van der Waals surface area (Å²) in [5.41, 5.74) is 2.44. The monoisotopic (exact) mass is 473 g/mol. The molecule has 0 saturated carbocycles. The molecule has 1 amide bonds. The molecule has 2 heterocycles. The van der Waals surface area contributed by atoms with Crippen LogP contribution in [0.4, 0.5) is 5.00 Å². The lowest BCUT2D eigenvalue weighted by molar-refractivity contribution is -0.116. The first-order valence-electron chi connectivity index (χ1n) is 10.3. The minimum absolute atomic E-state index is 0.114. The van der Waals surface area contributed by atoms with Gasteiger partial charge < -0.3 is 19.2 Å². The number of nitrogens with zero attached hydrogens (tertiary/aromatic N) is 2. The Bertz CT molecular complexity index is 1190. The molecule has 8 nitrogen and oxygen atoms in total. The predicted molar refractivity (Wildman–Crippen MR) is 122 cm³/mol. The summed E-state index contributed by atoms with van der Waals surface area (Å²) in [6, 6.07) is 7.54. The molecule has 0 spiro atoms. The maximum atomic E-state index is 12.7. The minimum Gasteiger partial charge on any atom is -0.497 e. The number of esters is 1. The molecule has 1 aliphatic carbocycles. The van der Waals surface area contributed by atoms with Gasteiger partial charge in [0.1, 0.15) is 17.3 Å². The first kappa shape index (κ1) is 22.2. The number of aryl methyl sites for hydroxylation is 1. The zero-order valence-electron chi connectivity index (χ0n) is 17.8. The Hall–Kier alpha value is -2.98. The molecule has 10 heteroatoms. The predicted octanol–water partition coefficient (Wildman–Crippen LogP) is 4.17. The number of hydrogen-bond acceptors (Lipinski definition) is 8. The molecule has 3 aromatic rings. The maximum Gasteiger partial charge on any atom is 0.341 e. The van der Waals surface area contributed by atoms with E-state index in [1.165, 1.54) is 16.0 Å². The number of rotatable bonds is 8. The van der Waals surface area contributed by atoms with Gasteiger partial charge in [-0.15, -0.1) is 16.4 Å². The highest BCUT2D eigenvalue weighted by atomic mass is 32.1. The lowest BCUT2D eigenvalue weighted by Crippen LogP contribution is -2.21. The fraction of sp³-hybridized carbons (Fsp3) is 0.364. The van der Waals surface area contributed by atoms with Crippen molar-refractivity contribution >= 4 is 40.4 Å². The molecule has 4 rings (SSSR count). The van der Waals surface area contributed by atoms with Gasteiger partial charge in [0, 0.05) is 4.88 Å². The first-order chi connectivity index (χ1) is 15.5. The van der Waals surface area contributed by atoms with Gasteiger partial charge in [0.15, 0.2) is 0 Å². The molecule has 0 unspecified atom stereocenters. The second kappa shape index (κ2) is 9.66. The number of anilines is 1. The van der Waals surface area contributed by atoms with Crippen LogP contribution < -0.4 is 10.1 Å². The van der Waals surface area contributed by atoms with Crippen LogP contribution in [0, 0.1) is 4.84 Å². The molecule has 0 radical (unpaired) electrons. The van der Waals surface area contributed by atoms with Crippen molar-refractivity contribution in [3.63, 3.8) is 0 Å². The van der Waals surface area contributed by atoms with Gasteiger partial charge in [0.25, 0.3) is 4.84 Å². The van der Waals surface area contributed by atoms with Gasteiger partial charge >= 0.3 is 5.97 Å². The summed E-state index contributed by atoms with van der Waals surface area (Å²) in [4.78, 5) is 26.4. The Labute approximate surface area is 194 Å². The Morgan fingerprint density at radius 2 is 2.06 bits per heavy atom. The smallest absolute Gasteiger partial charge is 0.341 e. The number of hydrogen-bond donors (Lipinski definition) is 1. The molecule has 0 bridgehead atoms. The molecule has 0 saturated heterocycles. The van der Waals surface area contributed by atoms with Crippen LogP contribution in [-0.4, -0.2) is 35.4 Å². The highest BCUT2D eigenvalue weighted by Gasteiger charge is 2.28. The number of ether oxygens (including phenoxy) is 2. The van der Waals surface area contributed by atoms with Gasteiger partial charge in [0.05, 0.1) is 25.7 Å². The summed E-state index contributed by atoms with van der Waals surface area (Å²) in [5.74, 6) is 0.437. The fourth-order valence-corrected chi connectivity index (χ4v) is 5.15. The van der Waals surface area contributed by atoms with Gasteiger partial charge in [-0.3, -0.25) is 4.79 Å². The molecule has 2 aromatic heterocycles. The van der Waals surface area contributed by atoms with Crippen LogP contribution in [0.1, 0.15) is 45.6 Å². The zero-order valence-corrected chi connectivity index (χ0v) is 19.4. The Kier molecular flexibility index (Phi) is 6.71. The van der Waals surface area contributed by atoms with Gasteiger partial charge in [-0.2, -0.15) is 0 Å². The Morgan fingerprint density at radius 3 is 2.78 bits per heavy atom. The number of nitrogens with one attached hydrogen (secondary N) is 1. The molecule has 32 heavy (non-hydrogen) atoms. The number of benzene rings is 1. The Morgan fingerprint density at radius 1 is 1.28 bits per heavy atom. The van der Waals surface area contributed by atoms with Gasteiger partial charge in [-0.1, -0.05) is 12.1 Å². The van der Waals surface area contributed by atoms with Crippen molar-refractivity contribution in [2.24, 2.45) is 0 Å². The van der Waals surface area contributed by atoms with Gasteiger partial charge in [-0.05, 0) is 61.7 Å². The number of thiophene rings is 1. The van der Waals surface area contributed by atoms with Crippen LogP contribution >= 0.6 is 23.6 Å². The molecular formula is C22H23N3O5S2. The second-order valence-corrected chi connectivity index (χ2v) is 8.73. The number of fused-ring (bicyclic) bond motifs is 1. The standard InChI is InChI=1S/C22H23N3O5S2/c1-3-29-21(27)19-15-5-4-6-16(15)32-20(19)23-17(26)12-25-22(31)30-18(24-25)11-13-7-9-14(28-2)10-8-13/h7-10H,3-6,11-12H2,1-2H3,(H,23,26). The molecule has 168 valence electrons. The van der Waals surface area contributed by atoms with Crippen molar-refractivity contribution in [1.29, 1.82) is 0 Å². The van der Waals surface area contributed by atoms with E-state index in [9.17, 15) is 9.59 Å². The van der Waals surface area contributed by atoms with Crippen molar-refractivity contribution in [3.05, 3.63) is 56.6 Å². The topological polar surface area (TPSA) is 95.6 Å². The second-order valence-electron chi connectivity index (χ2n) is 7.27. The first-order valence-corrected chi connectivity index (χ1v) is 11.5. The lowest BCUT2D eigenvalue weighted by Gasteiger charge is -2.07. The van der Waals surface area contributed by atoms with E-state index in [1.54, 1.807) is 14.0 Å². The Balaban J connectivity index is 1.46. The third kappa shape index (κ3) is 4.76. The highest BCUT2D eigenvalue weighted by Crippen LogP contribution is 2.39. The third-order valence-corrected chi connectivity index (χ3v) is 6.61. The van der Waals surface area contributed by atoms with Gasteiger partial charge in [-0.25, -0.2) is 9.48 Å². The third-order valence-electron chi connectivity index (χ3n) is 5.11. The van der Waals surface area contributed by atoms with Crippen LogP contribution in [0.15, 0.2) is 28.7 Å². The van der Waals surface area contributed by atoms with Crippen molar-refractivity contribution in [2.45, 2.75) is 39.2 Å². The van der Waals surface area contributed by atoms with Crippen molar-refractivity contribution < 1.29 is 23.5 Å². The molecule has 0 fully saturated rings. The number of carbonyl (C=O) groups is 2. The summed E-state index contributed by atoms with van der Waals surface area (Å²) in [6.07, 6.45) is 3.17. The number of aromatic nitrogens is 2. The quantitative estimate of drug-likeness (QED) is 0.387. The molecular weight excluding hydrogens is 450 g/mol. The van der Waals surface area contributed by atoms with Gasteiger partial charge in [0.2, 0.25) is 11.8 Å². The van der Waals surface area contributed by atoms with Crippen LogP contribution in [0.25, 0.3) is 0 Å². The molecule has 0 aliphatic heterocycles. The summed E-state index contributed by atoms with van der Waals surface area (Å²) < 4.78 is 17.3. The molecule has 1 aliphatic rings. The van der Waals surface area contributed by atoms with Crippen LogP contribution in [0.2, 0.25) is 0 Å². The molecule has 1 N–H and O–H groups in total. The zero-order chi connectivity index (χ0) is 22.7. The lowest BCUT2D eigenvalue weighted by atomic mass is 10.1. The summed E-state index contributed by atoms with van der Waals surface area (Å²) in [6.45, 7) is 1.93. The average molecular weight is 474 g/mol. The van der Waals surface area contributed by atoms with E-state index < -0.39 is 5.97 Å². The number of methoxy groups -OCH3 is 1. The van der Waals surface area contributed by atoms with Crippen LogP contribution in [0.5, 0.6) is 5.75 Å². The molecule has 0 atom stereocenters. The van der Waals surface area contributed by atoms with Crippen molar-refractivity contribution in [2.75, 3.05) is 19.0 Å². The number of carbonyl (C=O) groups excluding carboxylic acids is 2. The van der Waals surface area contributed by atoms with E-state index in [-0.39, 0.29) is 23.9 Å². The van der Waals surface area contributed by atoms with E-state index in [2.05, 4.69) is 10.4 Å². The molecule has 1 aromatic carbocycles. The average Bonchev–Trinajstić information content (AvgIpc) is 3.43. The van der Waals surface area contributed by atoms with E-state index in [1.807, 2.05) is 24.3 Å². The summed E-state index contributed by atoms with van der Waals surface area (Å²) in [5, 5.41) is 7.69.